The number of nitrogens with zero attached hydrogens (tertiary/aromatic N) is 2. The van der Waals surface area contributed by atoms with Gasteiger partial charge in [-0.2, -0.15) is 4.98 Å². The van der Waals surface area contributed by atoms with Crippen LogP contribution < -0.4 is 4.90 Å². The summed E-state index contributed by atoms with van der Waals surface area (Å²) in [6, 6.07) is 9.96. The van der Waals surface area contributed by atoms with Crippen LogP contribution >= 0.6 is 0 Å². The zero-order valence-electron chi connectivity index (χ0n) is 13.0. The lowest BCUT2D eigenvalue weighted by Crippen LogP contribution is -2.13. The van der Waals surface area contributed by atoms with E-state index in [0.717, 1.165) is 5.56 Å². The van der Waals surface area contributed by atoms with Crippen molar-refractivity contribution in [2.45, 2.75) is 16.8 Å². The second kappa shape index (κ2) is 5.58. The summed E-state index contributed by atoms with van der Waals surface area (Å²) in [7, 11) is -0.400. The third kappa shape index (κ3) is 2.75. The number of furan rings is 1. The van der Waals surface area contributed by atoms with Crippen LogP contribution in [0.15, 0.2) is 61.4 Å². The molecule has 0 radical (unpaired) electrons. The maximum Gasteiger partial charge on any atom is 0.266 e. The number of rotatable bonds is 4. The molecular weight excluding hydrogens is 316 g/mol. The van der Waals surface area contributed by atoms with Gasteiger partial charge in [0.2, 0.25) is 20.7 Å². The fourth-order valence-corrected chi connectivity index (χ4v) is 3.47. The lowest BCUT2D eigenvalue weighted by Gasteiger charge is -2.10. The van der Waals surface area contributed by atoms with Gasteiger partial charge in [0.15, 0.2) is 5.76 Å². The maximum atomic E-state index is 12.9. The molecule has 0 saturated carbocycles. The van der Waals surface area contributed by atoms with Crippen LogP contribution in [0.1, 0.15) is 5.56 Å². The highest BCUT2D eigenvalue weighted by atomic mass is 32.2. The molecule has 1 aromatic carbocycles. The minimum Gasteiger partial charge on any atom is -0.459 e. The van der Waals surface area contributed by atoms with Gasteiger partial charge in [-0.15, -0.1) is 0 Å². The van der Waals surface area contributed by atoms with Crippen LogP contribution in [0, 0.1) is 6.92 Å². The van der Waals surface area contributed by atoms with Crippen LogP contribution in [0.25, 0.3) is 11.7 Å². The molecule has 0 aliphatic heterocycles. The zero-order valence-corrected chi connectivity index (χ0v) is 13.8. The van der Waals surface area contributed by atoms with Gasteiger partial charge >= 0.3 is 0 Å². The van der Waals surface area contributed by atoms with E-state index in [0.29, 0.717) is 5.76 Å². The summed E-state index contributed by atoms with van der Waals surface area (Å²) in [6.07, 6.45) is 1.48. The predicted octanol–water partition coefficient (Wildman–Crippen LogP) is 3.14. The number of anilines is 1. The number of sulfone groups is 1. The molecule has 0 aliphatic carbocycles. The van der Waals surface area contributed by atoms with Crippen LogP contribution in [0.4, 0.5) is 5.88 Å². The predicted molar refractivity (Wildman–Crippen MR) is 85.2 cm³/mol. The number of benzene rings is 1. The highest BCUT2D eigenvalue weighted by Crippen LogP contribution is 2.33. The number of hydrogen-bond acceptors (Lipinski definition) is 6. The van der Waals surface area contributed by atoms with E-state index in [2.05, 4.69) is 4.98 Å². The van der Waals surface area contributed by atoms with Gasteiger partial charge in [-0.1, -0.05) is 17.7 Å². The van der Waals surface area contributed by atoms with Crippen LogP contribution in [0.3, 0.4) is 0 Å². The lowest BCUT2D eigenvalue weighted by atomic mass is 10.2. The fourth-order valence-electron chi connectivity index (χ4n) is 2.09. The third-order valence-electron chi connectivity index (χ3n) is 3.30. The second-order valence-corrected chi connectivity index (χ2v) is 7.18. The van der Waals surface area contributed by atoms with E-state index in [1.165, 1.54) is 6.26 Å². The molecule has 7 heteroatoms. The smallest absolute Gasteiger partial charge is 0.266 e. The van der Waals surface area contributed by atoms with E-state index in [1.807, 2.05) is 6.92 Å². The molecule has 0 bridgehead atoms. The van der Waals surface area contributed by atoms with E-state index in [9.17, 15) is 8.42 Å². The van der Waals surface area contributed by atoms with E-state index < -0.39 is 9.84 Å². The molecule has 0 saturated heterocycles. The molecule has 2 heterocycles. The Kier molecular flexibility index (Phi) is 3.73. The minimum absolute atomic E-state index is 0.127. The molecule has 0 spiro atoms. The fraction of sp³-hybridized carbons (Fsp3) is 0.188. The van der Waals surface area contributed by atoms with Crippen LogP contribution in [0.2, 0.25) is 0 Å². The summed E-state index contributed by atoms with van der Waals surface area (Å²) in [6.45, 7) is 1.90. The van der Waals surface area contributed by atoms with Crippen molar-refractivity contribution < 1.29 is 17.3 Å². The molecule has 120 valence electrons. The quantitative estimate of drug-likeness (QED) is 0.730. The molecular formula is C16H16N2O4S. The first-order valence-electron chi connectivity index (χ1n) is 6.93. The van der Waals surface area contributed by atoms with Gasteiger partial charge in [-0.05, 0) is 31.2 Å². The van der Waals surface area contributed by atoms with Crippen LogP contribution in [-0.2, 0) is 9.84 Å². The van der Waals surface area contributed by atoms with Crippen LogP contribution in [-0.4, -0.2) is 27.5 Å². The summed E-state index contributed by atoms with van der Waals surface area (Å²) >= 11 is 0. The van der Waals surface area contributed by atoms with Gasteiger partial charge in [-0.25, -0.2) is 8.42 Å². The average molecular weight is 332 g/mol. The van der Waals surface area contributed by atoms with Crippen molar-refractivity contribution in [3.8, 4) is 11.7 Å². The van der Waals surface area contributed by atoms with E-state index in [4.69, 9.17) is 8.83 Å². The van der Waals surface area contributed by atoms with Crippen molar-refractivity contribution in [3.63, 3.8) is 0 Å². The zero-order chi connectivity index (χ0) is 16.6. The highest BCUT2D eigenvalue weighted by Gasteiger charge is 2.30. The first kappa shape index (κ1) is 15.4. The molecule has 3 aromatic rings. The first-order chi connectivity index (χ1) is 10.9. The Balaban J connectivity index is 2.16. The topological polar surface area (TPSA) is 76.5 Å². The Morgan fingerprint density at radius 3 is 2.35 bits per heavy atom. The molecule has 6 nitrogen and oxygen atoms in total. The first-order valence-corrected chi connectivity index (χ1v) is 8.41. The summed E-state index contributed by atoms with van der Waals surface area (Å²) in [5.74, 6) is 0.666. The van der Waals surface area contributed by atoms with Gasteiger partial charge in [0, 0.05) is 14.1 Å². The summed E-state index contributed by atoms with van der Waals surface area (Å²) in [5, 5.41) is -0.127. The largest absolute Gasteiger partial charge is 0.459 e. The summed E-state index contributed by atoms with van der Waals surface area (Å²) in [4.78, 5) is 5.90. The van der Waals surface area contributed by atoms with E-state index >= 15 is 0 Å². The van der Waals surface area contributed by atoms with Gasteiger partial charge < -0.3 is 13.7 Å². The van der Waals surface area contributed by atoms with Gasteiger partial charge in [0.1, 0.15) is 0 Å². The SMILES string of the molecule is Cc1ccc(S(=O)(=O)c2nc(-c3ccco3)oc2N(C)C)cc1. The Labute approximate surface area is 134 Å². The van der Waals surface area contributed by atoms with Crippen molar-refractivity contribution in [1.29, 1.82) is 0 Å². The molecule has 0 fully saturated rings. The van der Waals surface area contributed by atoms with Crippen molar-refractivity contribution in [3.05, 3.63) is 48.2 Å². The maximum absolute atomic E-state index is 12.9. The molecule has 2 aromatic heterocycles. The van der Waals surface area contributed by atoms with Gasteiger partial charge in [0.05, 0.1) is 11.2 Å². The number of oxazole rings is 1. The number of hydrogen-bond donors (Lipinski definition) is 0. The molecule has 23 heavy (non-hydrogen) atoms. The monoisotopic (exact) mass is 332 g/mol. The Hall–Kier alpha value is -2.54. The normalized spacial score (nSPS) is 11.6. The third-order valence-corrected chi connectivity index (χ3v) is 4.97. The Morgan fingerprint density at radius 2 is 1.78 bits per heavy atom. The summed E-state index contributed by atoms with van der Waals surface area (Å²) in [5.41, 5.74) is 0.980. The van der Waals surface area contributed by atoms with Crippen molar-refractivity contribution in [2.24, 2.45) is 0 Å². The van der Waals surface area contributed by atoms with Crippen LogP contribution in [0.5, 0.6) is 0 Å². The highest BCUT2D eigenvalue weighted by molar-refractivity contribution is 7.91. The lowest BCUT2D eigenvalue weighted by molar-refractivity contribution is 0.516. The van der Waals surface area contributed by atoms with Crippen molar-refractivity contribution in [2.75, 3.05) is 19.0 Å². The van der Waals surface area contributed by atoms with E-state index in [-0.39, 0.29) is 21.7 Å². The summed E-state index contributed by atoms with van der Waals surface area (Å²) < 4.78 is 36.6. The molecule has 0 unspecified atom stereocenters. The average Bonchev–Trinajstić information content (AvgIpc) is 3.17. The Bertz CT molecular complexity index is 908. The van der Waals surface area contributed by atoms with Crippen molar-refractivity contribution >= 4 is 15.7 Å². The molecule has 0 aliphatic rings. The van der Waals surface area contributed by atoms with E-state index in [1.54, 1.807) is 55.4 Å². The number of aryl methyl sites for hydroxylation is 1. The van der Waals surface area contributed by atoms with Crippen molar-refractivity contribution in [1.82, 2.24) is 4.98 Å². The molecule has 0 N–H and O–H groups in total. The molecule has 0 amide bonds. The second-order valence-electron chi connectivity index (χ2n) is 5.32. The van der Waals surface area contributed by atoms with Gasteiger partial charge in [0.25, 0.3) is 5.89 Å². The number of aromatic nitrogens is 1. The molecule has 3 rings (SSSR count). The Morgan fingerprint density at radius 1 is 1.09 bits per heavy atom. The standard InChI is InChI=1S/C16H16N2O4S/c1-11-6-8-12(9-7-11)23(19,20)15-16(18(2)3)22-14(17-15)13-5-4-10-21-13/h4-10H,1-3H3. The minimum atomic E-state index is -3.79. The molecule has 0 atom stereocenters. The van der Waals surface area contributed by atoms with Gasteiger partial charge in [-0.3, -0.25) is 0 Å².